The van der Waals surface area contributed by atoms with Gasteiger partial charge in [0.1, 0.15) is 0 Å². The molecule has 0 spiro atoms. The summed E-state index contributed by atoms with van der Waals surface area (Å²) in [4.78, 5) is 19.5. The lowest BCUT2D eigenvalue weighted by molar-refractivity contribution is 0.0725. The van der Waals surface area contributed by atoms with Gasteiger partial charge in [-0.1, -0.05) is 17.3 Å². The van der Waals surface area contributed by atoms with Crippen molar-refractivity contribution in [2.24, 2.45) is 0 Å². The summed E-state index contributed by atoms with van der Waals surface area (Å²) in [5.41, 5.74) is 1.82. The van der Waals surface area contributed by atoms with Crippen LogP contribution in [0.4, 0.5) is 0 Å². The number of rotatable bonds is 6. The Hall–Kier alpha value is -3.55. The number of hydrogen-bond acceptors (Lipinski definition) is 7. The van der Waals surface area contributed by atoms with Gasteiger partial charge in [-0.25, -0.2) is 0 Å². The molecule has 0 aliphatic carbocycles. The molecular formula is C23H25N3O5. The molecule has 1 amide bonds. The second-order valence-electron chi connectivity index (χ2n) is 7.24. The molecule has 1 aliphatic heterocycles. The van der Waals surface area contributed by atoms with E-state index in [0.29, 0.717) is 39.8 Å². The number of methoxy groups -OCH3 is 3. The zero-order chi connectivity index (χ0) is 21.8. The van der Waals surface area contributed by atoms with Crippen molar-refractivity contribution in [3.63, 3.8) is 0 Å². The number of hydrogen-bond donors (Lipinski definition) is 0. The monoisotopic (exact) mass is 423 g/mol. The molecule has 0 radical (unpaired) electrons. The van der Waals surface area contributed by atoms with Crippen molar-refractivity contribution in [2.45, 2.75) is 19.3 Å². The third kappa shape index (κ3) is 4.05. The predicted molar refractivity (Wildman–Crippen MR) is 115 cm³/mol. The number of piperidine rings is 1. The third-order valence-electron chi connectivity index (χ3n) is 5.38. The zero-order valence-electron chi connectivity index (χ0n) is 17.9. The summed E-state index contributed by atoms with van der Waals surface area (Å²) in [5, 5.41) is 4.12. The normalized spacial score (nSPS) is 13.7. The quantitative estimate of drug-likeness (QED) is 0.591. The minimum atomic E-state index is -0.0113. The van der Waals surface area contributed by atoms with Gasteiger partial charge in [-0.3, -0.25) is 4.79 Å². The van der Waals surface area contributed by atoms with Crippen molar-refractivity contribution in [3.8, 4) is 40.1 Å². The Balaban J connectivity index is 1.70. The first-order valence-electron chi connectivity index (χ1n) is 10.2. The molecule has 8 heteroatoms. The summed E-state index contributed by atoms with van der Waals surface area (Å²) in [7, 11) is 4.64. The molecule has 0 saturated carbocycles. The SMILES string of the molecule is COc1cc(-c2noc(-c3ccccc3C(=O)N3CCCCC3)n2)cc(OC)c1OC. The van der Waals surface area contributed by atoms with E-state index in [0.717, 1.165) is 32.4 Å². The molecule has 0 bridgehead atoms. The maximum Gasteiger partial charge on any atom is 0.259 e. The Kier molecular flexibility index (Phi) is 6.06. The second-order valence-corrected chi connectivity index (χ2v) is 7.24. The number of likely N-dealkylation sites (tertiary alicyclic amines) is 1. The van der Waals surface area contributed by atoms with E-state index in [4.69, 9.17) is 18.7 Å². The Bertz CT molecular complexity index is 1050. The van der Waals surface area contributed by atoms with Gasteiger partial charge in [-0.05, 0) is 43.5 Å². The average molecular weight is 423 g/mol. The van der Waals surface area contributed by atoms with Crippen LogP contribution in [0.25, 0.3) is 22.8 Å². The molecule has 1 aliphatic rings. The molecule has 0 N–H and O–H groups in total. The topological polar surface area (TPSA) is 86.9 Å². The van der Waals surface area contributed by atoms with Crippen molar-refractivity contribution >= 4 is 5.91 Å². The highest BCUT2D eigenvalue weighted by Gasteiger charge is 2.24. The van der Waals surface area contributed by atoms with Crippen LogP contribution in [0.5, 0.6) is 17.2 Å². The fourth-order valence-corrected chi connectivity index (χ4v) is 3.78. The first-order chi connectivity index (χ1) is 15.2. The Morgan fingerprint density at radius 1 is 0.968 bits per heavy atom. The van der Waals surface area contributed by atoms with Gasteiger partial charge < -0.3 is 23.6 Å². The number of carbonyl (C=O) groups is 1. The number of carbonyl (C=O) groups excluding carboxylic acids is 1. The minimum absolute atomic E-state index is 0.0113. The summed E-state index contributed by atoms with van der Waals surface area (Å²) >= 11 is 0. The lowest BCUT2D eigenvalue weighted by Crippen LogP contribution is -2.35. The Labute approximate surface area is 180 Å². The molecule has 1 saturated heterocycles. The highest BCUT2D eigenvalue weighted by molar-refractivity contribution is 6.00. The first kappa shape index (κ1) is 20.7. The summed E-state index contributed by atoms with van der Waals surface area (Å²) in [6.45, 7) is 1.54. The molecule has 2 heterocycles. The number of benzene rings is 2. The number of amides is 1. The molecule has 1 aromatic heterocycles. The lowest BCUT2D eigenvalue weighted by atomic mass is 10.0. The van der Waals surface area contributed by atoms with Crippen molar-refractivity contribution in [3.05, 3.63) is 42.0 Å². The highest BCUT2D eigenvalue weighted by Crippen LogP contribution is 2.41. The fraction of sp³-hybridized carbons (Fsp3) is 0.348. The molecule has 1 fully saturated rings. The highest BCUT2D eigenvalue weighted by atomic mass is 16.5. The van der Waals surface area contributed by atoms with Gasteiger partial charge in [-0.15, -0.1) is 0 Å². The standard InChI is InChI=1S/C23H25N3O5/c1-28-18-13-15(14-19(29-2)20(18)30-3)21-24-22(31-25-21)16-9-5-6-10-17(16)23(27)26-11-7-4-8-12-26/h5-6,9-10,13-14H,4,7-8,11-12H2,1-3H3. The van der Waals surface area contributed by atoms with E-state index in [2.05, 4.69) is 10.1 Å². The molecule has 3 aromatic rings. The maximum atomic E-state index is 13.1. The van der Waals surface area contributed by atoms with Crippen LogP contribution in [-0.4, -0.2) is 55.4 Å². The van der Waals surface area contributed by atoms with E-state index in [1.807, 2.05) is 23.1 Å². The fourth-order valence-electron chi connectivity index (χ4n) is 3.78. The average Bonchev–Trinajstić information content (AvgIpc) is 3.33. The number of aromatic nitrogens is 2. The molecule has 0 atom stereocenters. The van der Waals surface area contributed by atoms with Crippen molar-refractivity contribution in [2.75, 3.05) is 34.4 Å². The van der Waals surface area contributed by atoms with E-state index in [-0.39, 0.29) is 11.8 Å². The van der Waals surface area contributed by atoms with Crippen LogP contribution in [0.15, 0.2) is 40.9 Å². The van der Waals surface area contributed by atoms with Crippen molar-refractivity contribution in [1.82, 2.24) is 15.0 Å². The van der Waals surface area contributed by atoms with Gasteiger partial charge in [0.15, 0.2) is 11.5 Å². The van der Waals surface area contributed by atoms with E-state index in [1.165, 1.54) is 0 Å². The zero-order valence-corrected chi connectivity index (χ0v) is 17.9. The van der Waals surface area contributed by atoms with Gasteiger partial charge in [0, 0.05) is 18.7 Å². The van der Waals surface area contributed by atoms with Crippen LogP contribution in [0.3, 0.4) is 0 Å². The van der Waals surface area contributed by atoms with Gasteiger partial charge >= 0.3 is 0 Å². The van der Waals surface area contributed by atoms with Crippen molar-refractivity contribution < 1.29 is 23.5 Å². The van der Waals surface area contributed by atoms with Gasteiger partial charge in [0.25, 0.3) is 11.8 Å². The first-order valence-corrected chi connectivity index (χ1v) is 10.2. The molecule has 8 nitrogen and oxygen atoms in total. The molecule has 4 rings (SSSR count). The predicted octanol–water partition coefficient (Wildman–Crippen LogP) is 4.06. The van der Waals surface area contributed by atoms with E-state index < -0.39 is 0 Å². The molecule has 0 unspecified atom stereocenters. The van der Waals surface area contributed by atoms with Gasteiger partial charge in [-0.2, -0.15) is 4.98 Å². The summed E-state index contributed by atoms with van der Waals surface area (Å²) < 4.78 is 21.7. The largest absolute Gasteiger partial charge is 0.493 e. The second kappa shape index (κ2) is 9.07. The van der Waals surface area contributed by atoms with Crippen LogP contribution in [0.1, 0.15) is 29.6 Å². The maximum absolute atomic E-state index is 13.1. The van der Waals surface area contributed by atoms with Crippen LogP contribution < -0.4 is 14.2 Å². The molecule has 162 valence electrons. The lowest BCUT2D eigenvalue weighted by Gasteiger charge is -2.27. The summed E-state index contributed by atoms with van der Waals surface area (Å²) in [6.07, 6.45) is 3.22. The number of nitrogens with zero attached hydrogens (tertiary/aromatic N) is 3. The summed E-state index contributed by atoms with van der Waals surface area (Å²) in [5.74, 6) is 2.09. The molecule has 31 heavy (non-hydrogen) atoms. The number of ether oxygens (including phenoxy) is 3. The van der Waals surface area contributed by atoms with Crippen molar-refractivity contribution in [1.29, 1.82) is 0 Å². The summed E-state index contributed by atoms with van der Waals surface area (Å²) in [6, 6.07) is 10.8. The Morgan fingerprint density at radius 3 is 2.29 bits per heavy atom. The molecule has 2 aromatic carbocycles. The van der Waals surface area contributed by atoms with Crippen LogP contribution in [0, 0.1) is 0 Å². The third-order valence-corrected chi connectivity index (χ3v) is 5.38. The van der Waals surface area contributed by atoms with Gasteiger partial charge in [0.2, 0.25) is 11.6 Å². The minimum Gasteiger partial charge on any atom is -0.493 e. The van der Waals surface area contributed by atoms with Crippen LogP contribution in [0.2, 0.25) is 0 Å². The van der Waals surface area contributed by atoms with E-state index in [1.54, 1.807) is 39.5 Å². The van der Waals surface area contributed by atoms with Crippen LogP contribution in [-0.2, 0) is 0 Å². The Morgan fingerprint density at radius 2 is 1.65 bits per heavy atom. The van der Waals surface area contributed by atoms with E-state index >= 15 is 0 Å². The van der Waals surface area contributed by atoms with Crippen LogP contribution >= 0.6 is 0 Å². The smallest absolute Gasteiger partial charge is 0.259 e. The van der Waals surface area contributed by atoms with E-state index in [9.17, 15) is 4.79 Å². The van der Waals surface area contributed by atoms with Gasteiger partial charge in [0.05, 0.1) is 32.5 Å². The molecular weight excluding hydrogens is 398 g/mol.